The summed E-state index contributed by atoms with van der Waals surface area (Å²) in [5.74, 6) is -0.967. The molecule has 2 aliphatic heterocycles. The van der Waals surface area contributed by atoms with Crippen LogP contribution in [0.1, 0.15) is 48.2 Å². The van der Waals surface area contributed by atoms with Gasteiger partial charge in [-0.3, -0.25) is 14.6 Å². The van der Waals surface area contributed by atoms with Gasteiger partial charge in [0.05, 0.1) is 22.4 Å². The molecule has 0 spiro atoms. The van der Waals surface area contributed by atoms with E-state index in [2.05, 4.69) is 25.8 Å². The molecule has 1 aromatic heterocycles. The first-order valence-electron chi connectivity index (χ1n) is 14.0. The Labute approximate surface area is 249 Å². The minimum absolute atomic E-state index is 0.0892. The van der Waals surface area contributed by atoms with Crippen molar-refractivity contribution < 1.29 is 22.8 Å². The maximum atomic E-state index is 13.7. The molecule has 4 rings (SSSR count). The van der Waals surface area contributed by atoms with Crippen molar-refractivity contribution in [2.24, 2.45) is 0 Å². The number of allylic oxidation sites excluding steroid dienone is 1. The molecule has 8 nitrogen and oxygen atoms in total. The number of likely N-dealkylation sites (N-methyl/N-ethyl adjacent to an activating group) is 1. The van der Waals surface area contributed by atoms with Crippen molar-refractivity contribution in [1.82, 2.24) is 30.7 Å². The Balaban J connectivity index is 1.65. The van der Waals surface area contributed by atoms with Crippen LogP contribution >= 0.6 is 11.6 Å². The molecule has 2 atom stereocenters. The summed E-state index contributed by atoms with van der Waals surface area (Å²) in [5.41, 5.74) is -0.155. The number of alkyl halides is 3. The average molecular weight is 605 g/mol. The summed E-state index contributed by atoms with van der Waals surface area (Å²) in [5, 5.41) is 9.39. The van der Waals surface area contributed by atoms with Gasteiger partial charge in [0.2, 0.25) is 0 Å². The van der Waals surface area contributed by atoms with E-state index in [0.717, 1.165) is 17.7 Å². The zero-order chi connectivity index (χ0) is 30.5. The standard InChI is InChI=1S/C30H36ClF3N6O2/c1-4-22-19-39(28(42)23-9-8-21(31)17-24(23)30(32,33)34)15-16-40(22)25-10-11-29(5-2,20-7-6-12-36-18-20)38-26(25)27(41)37-14-13-35-3/h6-12,17-18,22,35,38H,4-5,13-16,19H2,1-3H3,(H,37,41)/t22-,29?/m1/s1. The molecule has 2 aromatic rings. The van der Waals surface area contributed by atoms with Gasteiger partial charge in [0.15, 0.2) is 0 Å². The molecule has 0 radical (unpaired) electrons. The lowest BCUT2D eigenvalue weighted by Gasteiger charge is -2.46. The molecule has 3 N–H and O–H groups in total. The molecule has 2 aliphatic rings. The number of nitrogens with one attached hydrogen (secondary N) is 3. The highest BCUT2D eigenvalue weighted by molar-refractivity contribution is 6.30. The van der Waals surface area contributed by atoms with E-state index in [1.807, 2.05) is 38.1 Å². The van der Waals surface area contributed by atoms with Crippen LogP contribution in [-0.4, -0.2) is 72.4 Å². The maximum absolute atomic E-state index is 13.7. The van der Waals surface area contributed by atoms with Crippen molar-refractivity contribution in [2.45, 2.75) is 44.4 Å². The summed E-state index contributed by atoms with van der Waals surface area (Å²) in [6.07, 6.45) is 3.95. The molecule has 226 valence electrons. The lowest BCUT2D eigenvalue weighted by atomic mass is 9.84. The molecule has 1 aromatic carbocycles. The van der Waals surface area contributed by atoms with Crippen LogP contribution in [0.2, 0.25) is 5.02 Å². The number of amides is 2. The molecular weight excluding hydrogens is 569 g/mol. The molecule has 1 saturated heterocycles. The number of aromatic nitrogens is 1. The van der Waals surface area contributed by atoms with Crippen LogP contribution in [0.4, 0.5) is 13.2 Å². The van der Waals surface area contributed by atoms with Gasteiger partial charge in [0.1, 0.15) is 5.70 Å². The fourth-order valence-corrected chi connectivity index (χ4v) is 5.63. The van der Waals surface area contributed by atoms with Gasteiger partial charge in [-0.25, -0.2) is 0 Å². The first kappa shape index (κ1) is 31.4. The smallest absolute Gasteiger partial charge is 0.366 e. The number of carbonyl (C=O) groups is 2. The van der Waals surface area contributed by atoms with Crippen molar-refractivity contribution in [1.29, 1.82) is 0 Å². The number of piperazine rings is 1. The fraction of sp³-hybridized carbons (Fsp3) is 0.433. The van der Waals surface area contributed by atoms with Gasteiger partial charge in [0, 0.05) is 56.2 Å². The van der Waals surface area contributed by atoms with Crippen LogP contribution in [0.3, 0.4) is 0 Å². The summed E-state index contributed by atoms with van der Waals surface area (Å²) in [6.45, 7) is 5.71. The Morgan fingerprint density at radius 2 is 1.98 bits per heavy atom. The number of rotatable bonds is 9. The molecule has 1 fully saturated rings. The number of hydrogen-bond donors (Lipinski definition) is 3. The van der Waals surface area contributed by atoms with Crippen LogP contribution in [0, 0.1) is 0 Å². The molecule has 0 bridgehead atoms. The molecule has 1 unspecified atom stereocenters. The van der Waals surface area contributed by atoms with E-state index in [9.17, 15) is 22.8 Å². The third-order valence-electron chi connectivity index (χ3n) is 7.82. The highest BCUT2D eigenvalue weighted by Crippen LogP contribution is 2.36. The third kappa shape index (κ3) is 6.57. The summed E-state index contributed by atoms with van der Waals surface area (Å²) < 4.78 is 41.2. The first-order valence-corrected chi connectivity index (χ1v) is 14.4. The predicted octanol–water partition coefficient (Wildman–Crippen LogP) is 4.30. The van der Waals surface area contributed by atoms with Crippen molar-refractivity contribution in [2.75, 3.05) is 39.8 Å². The van der Waals surface area contributed by atoms with Gasteiger partial charge < -0.3 is 25.8 Å². The van der Waals surface area contributed by atoms with E-state index >= 15 is 0 Å². The quantitative estimate of drug-likeness (QED) is 0.370. The third-order valence-corrected chi connectivity index (χ3v) is 8.06. The second-order valence-corrected chi connectivity index (χ2v) is 10.8. The molecule has 0 aliphatic carbocycles. The zero-order valence-corrected chi connectivity index (χ0v) is 24.6. The Morgan fingerprint density at radius 1 is 1.19 bits per heavy atom. The molecular formula is C30H36ClF3N6O2. The summed E-state index contributed by atoms with van der Waals surface area (Å²) in [7, 11) is 1.80. The van der Waals surface area contributed by atoms with Gasteiger partial charge in [-0.1, -0.05) is 37.6 Å². The topological polar surface area (TPSA) is 89.6 Å². The Morgan fingerprint density at radius 3 is 2.62 bits per heavy atom. The fourth-order valence-electron chi connectivity index (χ4n) is 5.45. The lowest BCUT2D eigenvalue weighted by Crippen LogP contribution is -2.56. The van der Waals surface area contributed by atoms with Crippen LogP contribution in [0.25, 0.3) is 0 Å². The van der Waals surface area contributed by atoms with Crippen LogP contribution in [0.5, 0.6) is 0 Å². The minimum atomic E-state index is -4.72. The second-order valence-electron chi connectivity index (χ2n) is 10.3. The number of pyridine rings is 1. The number of benzene rings is 1. The number of halogens is 4. The maximum Gasteiger partial charge on any atom is 0.417 e. The number of nitrogens with zero attached hydrogens (tertiary/aromatic N) is 3. The highest BCUT2D eigenvalue weighted by atomic mass is 35.5. The summed E-state index contributed by atoms with van der Waals surface area (Å²) >= 11 is 5.82. The highest BCUT2D eigenvalue weighted by Gasteiger charge is 2.40. The SMILES string of the molecule is CC[C@@H]1CN(C(=O)c2ccc(Cl)cc2C(F)(F)F)CCN1C1=C(C(=O)NCCNC)NC(CC)(c2cccnc2)C=C1. The molecule has 2 amide bonds. The number of hydrogen-bond acceptors (Lipinski definition) is 6. The second kappa shape index (κ2) is 13.2. The summed E-state index contributed by atoms with van der Waals surface area (Å²) in [4.78, 5) is 34.7. The van der Waals surface area contributed by atoms with Crippen LogP contribution in [-0.2, 0) is 16.5 Å². The van der Waals surface area contributed by atoms with Gasteiger partial charge in [-0.05, 0) is 55.8 Å². The van der Waals surface area contributed by atoms with E-state index in [1.54, 1.807) is 19.4 Å². The molecule has 42 heavy (non-hydrogen) atoms. The lowest BCUT2D eigenvalue weighted by molar-refractivity contribution is -0.138. The Kier molecular flexibility index (Phi) is 9.83. The van der Waals surface area contributed by atoms with Gasteiger partial charge >= 0.3 is 6.18 Å². The first-order chi connectivity index (χ1) is 20.0. The van der Waals surface area contributed by atoms with Gasteiger partial charge in [-0.2, -0.15) is 13.2 Å². The predicted molar refractivity (Wildman–Crippen MR) is 156 cm³/mol. The average Bonchev–Trinajstić information content (AvgIpc) is 3.00. The van der Waals surface area contributed by atoms with Gasteiger partial charge in [-0.15, -0.1) is 0 Å². The van der Waals surface area contributed by atoms with Gasteiger partial charge in [0.25, 0.3) is 11.8 Å². The molecule has 3 heterocycles. The molecule has 0 saturated carbocycles. The van der Waals surface area contributed by atoms with Crippen molar-refractivity contribution in [3.8, 4) is 0 Å². The van der Waals surface area contributed by atoms with Crippen LogP contribution < -0.4 is 16.0 Å². The van der Waals surface area contributed by atoms with E-state index in [-0.39, 0.29) is 30.1 Å². The van der Waals surface area contributed by atoms with Crippen molar-refractivity contribution >= 4 is 23.4 Å². The zero-order valence-electron chi connectivity index (χ0n) is 23.9. The van der Waals surface area contributed by atoms with Crippen LogP contribution in [0.15, 0.2) is 66.3 Å². The van der Waals surface area contributed by atoms with E-state index in [4.69, 9.17) is 11.6 Å². The van der Waals surface area contributed by atoms with Crippen molar-refractivity contribution in [3.63, 3.8) is 0 Å². The normalized spacial score (nSPS) is 20.9. The number of carbonyl (C=O) groups excluding carboxylic acids is 2. The number of dihydropyridines is 1. The van der Waals surface area contributed by atoms with E-state index < -0.39 is 28.7 Å². The largest absolute Gasteiger partial charge is 0.417 e. The minimum Gasteiger partial charge on any atom is -0.366 e. The Bertz CT molecular complexity index is 1350. The molecule has 12 heteroatoms. The Hall–Kier alpha value is -3.57. The van der Waals surface area contributed by atoms with E-state index in [1.165, 1.54) is 11.0 Å². The van der Waals surface area contributed by atoms with E-state index in [0.29, 0.717) is 43.9 Å². The summed E-state index contributed by atoms with van der Waals surface area (Å²) in [6, 6.07) is 6.78. The van der Waals surface area contributed by atoms with Crippen molar-refractivity contribution in [3.05, 3.63) is 88.0 Å². The monoisotopic (exact) mass is 604 g/mol.